The molecule has 0 aliphatic heterocycles. The predicted octanol–water partition coefficient (Wildman–Crippen LogP) is 1.64. The van der Waals surface area contributed by atoms with Gasteiger partial charge < -0.3 is 5.73 Å². The van der Waals surface area contributed by atoms with Crippen LogP contribution in [0, 0.1) is 10.1 Å². The molecule has 1 aliphatic carbocycles. The highest BCUT2D eigenvalue weighted by Gasteiger charge is 2.43. The summed E-state index contributed by atoms with van der Waals surface area (Å²) in [5.41, 5.74) is 1.41. The van der Waals surface area contributed by atoms with Crippen LogP contribution in [0.5, 0.6) is 0 Å². The predicted molar refractivity (Wildman–Crippen MR) is 46.6 cm³/mol. The van der Waals surface area contributed by atoms with Crippen LogP contribution in [-0.2, 0) is 0 Å². The SMILES string of the molecule is CC1(F)C=C(F)C([N+](=O)[O-])=C(N)C1Cl. The first-order valence-electron chi connectivity index (χ1n) is 3.63. The number of hydrogen-bond donors (Lipinski definition) is 1. The molecule has 78 valence electrons. The molecule has 2 unspecified atom stereocenters. The lowest BCUT2D eigenvalue weighted by atomic mass is 9.94. The van der Waals surface area contributed by atoms with Gasteiger partial charge in [-0.15, -0.1) is 11.6 Å². The highest BCUT2D eigenvalue weighted by atomic mass is 35.5. The number of rotatable bonds is 1. The van der Waals surface area contributed by atoms with Crippen molar-refractivity contribution in [1.29, 1.82) is 0 Å². The molecule has 7 heteroatoms. The summed E-state index contributed by atoms with van der Waals surface area (Å²) in [6.07, 6.45) is 0.458. The molecule has 4 nitrogen and oxygen atoms in total. The third-order valence-corrected chi connectivity index (χ3v) is 2.52. The fraction of sp³-hybridized carbons (Fsp3) is 0.429. The van der Waals surface area contributed by atoms with Gasteiger partial charge in [0.1, 0.15) is 11.1 Å². The van der Waals surface area contributed by atoms with Crippen LogP contribution in [0.4, 0.5) is 8.78 Å². The van der Waals surface area contributed by atoms with Gasteiger partial charge in [-0.1, -0.05) is 0 Å². The number of hydrogen-bond acceptors (Lipinski definition) is 3. The zero-order chi connectivity index (χ0) is 11.1. The third kappa shape index (κ3) is 1.57. The molecule has 0 saturated heterocycles. The second-order valence-electron chi connectivity index (χ2n) is 3.07. The van der Waals surface area contributed by atoms with E-state index in [9.17, 15) is 18.9 Å². The Morgan fingerprint density at radius 2 is 2.29 bits per heavy atom. The summed E-state index contributed by atoms with van der Waals surface area (Å²) < 4.78 is 26.4. The van der Waals surface area contributed by atoms with E-state index < -0.39 is 33.2 Å². The van der Waals surface area contributed by atoms with Gasteiger partial charge in [-0.3, -0.25) is 10.1 Å². The number of nitro groups is 1. The van der Waals surface area contributed by atoms with Gasteiger partial charge in [-0.05, 0) is 13.0 Å². The van der Waals surface area contributed by atoms with E-state index in [0.717, 1.165) is 6.92 Å². The van der Waals surface area contributed by atoms with Crippen molar-refractivity contribution in [3.05, 3.63) is 33.4 Å². The molecule has 14 heavy (non-hydrogen) atoms. The second-order valence-corrected chi connectivity index (χ2v) is 3.50. The molecule has 0 amide bonds. The minimum Gasteiger partial charge on any atom is -0.395 e. The zero-order valence-electron chi connectivity index (χ0n) is 7.13. The van der Waals surface area contributed by atoms with E-state index in [0.29, 0.717) is 6.08 Å². The Morgan fingerprint density at radius 3 is 2.71 bits per heavy atom. The quantitative estimate of drug-likeness (QED) is 0.418. The normalized spacial score (nSPS) is 32.9. The molecule has 2 N–H and O–H groups in total. The molecular formula is C7H7ClF2N2O2. The van der Waals surface area contributed by atoms with Gasteiger partial charge in [0.05, 0.1) is 4.92 Å². The van der Waals surface area contributed by atoms with Gasteiger partial charge in [0.15, 0.2) is 5.67 Å². The van der Waals surface area contributed by atoms with Crippen LogP contribution in [0.25, 0.3) is 0 Å². The Kier molecular flexibility index (Phi) is 2.49. The van der Waals surface area contributed by atoms with Crippen LogP contribution < -0.4 is 5.73 Å². The van der Waals surface area contributed by atoms with Crippen LogP contribution in [0.1, 0.15) is 6.92 Å². The first-order valence-corrected chi connectivity index (χ1v) is 4.06. The smallest absolute Gasteiger partial charge is 0.324 e. The average molecular weight is 225 g/mol. The number of halogens is 3. The van der Waals surface area contributed by atoms with Gasteiger partial charge in [-0.25, -0.2) is 4.39 Å². The highest BCUT2D eigenvalue weighted by Crippen LogP contribution is 2.36. The Hall–Kier alpha value is -1.17. The maximum absolute atomic E-state index is 13.4. The summed E-state index contributed by atoms with van der Waals surface area (Å²) in [6.45, 7) is 0.994. The zero-order valence-corrected chi connectivity index (χ0v) is 7.89. The molecule has 0 aromatic carbocycles. The van der Waals surface area contributed by atoms with Gasteiger partial charge in [-0.2, -0.15) is 4.39 Å². The number of alkyl halides is 2. The number of nitrogens with two attached hydrogens (primary N) is 1. The molecule has 0 fully saturated rings. The second kappa shape index (κ2) is 3.20. The van der Waals surface area contributed by atoms with Crippen molar-refractivity contribution in [2.75, 3.05) is 0 Å². The van der Waals surface area contributed by atoms with E-state index >= 15 is 0 Å². The number of nitrogens with zero attached hydrogens (tertiary/aromatic N) is 1. The van der Waals surface area contributed by atoms with Crippen molar-refractivity contribution >= 4 is 11.6 Å². The van der Waals surface area contributed by atoms with Crippen molar-refractivity contribution in [2.24, 2.45) is 5.73 Å². The molecule has 0 saturated carbocycles. The summed E-state index contributed by atoms with van der Waals surface area (Å²) in [4.78, 5) is 9.32. The first kappa shape index (κ1) is 10.9. The molecule has 0 spiro atoms. The Balaban J connectivity index is 3.28. The summed E-state index contributed by atoms with van der Waals surface area (Å²) in [5.74, 6) is -1.30. The van der Waals surface area contributed by atoms with Gasteiger partial charge in [0, 0.05) is 0 Å². The molecule has 0 bridgehead atoms. The average Bonchev–Trinajstić information content (AvgIpc) is 1.98. The van der Waals surface area contributed by atoms with Crippen LogP contribution in [0.15, 0.2) is 23.3 Å². The Morgan fingerprint density at radius 1 is 1.79 bits per heavy atom. The third-order valence-electron chi connectivity index (χ3n) is 1.86. The van der Waals surface area contributed by atoms with E-state index in [1.54, 1.807) is 0 Å². The van der Waals surface area contributed by atoms with E-state index in [2.05, 4.69) is 0 Å². The van der Waals surface area contributed by atoms with E-state index in [4.69, 9.17) is 17.3 Å². The van der Waals surface area contributed by atoms with Crippen LogP contribution in [0.2, 0.25) is 0 Å². The van der Waals surface area contributed by atoms with Gasteiger partial charge >= 0.3 is 5.70 Å². The van der Waals surface area contributed by atoms with Gasteiger partial charge in [0.25, 0.3) is 0 Å². The Labute approximate surface area is 83.2 Å². The molecule has 0 heterocycles. The molecule has 0 aromatic heterocycles. The van der Waals surface area contributed by atoms with Crippen molar-refractivity contribution < 1.29 is 13.7 Å². The monoisotopic (exact) mass is 224 g/mol. The molecule has 1 rings (SSSR count). The van der Waals surface area contributed by atoms with Crippen molar-refractivity contribution in [1.82, 2.24) is 0 Å². The molecule has 0 aromatic rings. The van der Waals surface area contributed by atoms with E-state index in [1.807, 2.05) is 0 Å². The van der Waals surface area contributed by atoms with Crippen LogP contribution in [0.3, 0.4) is 0 Å². The first-order chi connectivity index (χ1) is 6.27. The molecule has 0 radical (unpaired) electrons. The summed E-state index contributed by atoms with van der Waals surface area (Å²) in [5, 5.41) is 8.91. The van der Waals surface area contributed by atoms with Crippen molar-refractivity contribution in [3.8, 4) is 0 Å². The summed E-state index contributed by atoms with van der Waals surface area (Å²) >= 11 is 5.49. The summed E-state index contributed by atoms with van der Waals surface area (Å²) in [6, 6.07) is 0. The van der Waals surface area contributed by atoms with Crippen molar-refractivity contribution in [3.63, 3.8) is 0 Å². The minimum absolute atomic E-state index is 0.458. The topological polar surface area (TPSA) is 69.2 Å². The maximum Gasteiger partial charge on any atom is 0.324 e. The van der Waals surface area contributed by atoms with Crippen LogP contribution in [-0.4, -0.2) is 16.0 Å². The largest absolute Gasteiger partial charge is 0.395 e. The molecular weight excluding hydrogens is 218 g/mol. The fourth-order valence-corrected chi connectivity index (χ4v) is 1.31. The Bertz CT molecular complexity index is 352. The highest BCUT2D eigenvalue weighted by molar-refractivity contribution is 6.23. The lowest BCUT2D eigenvalue weighted by molar-refractivity contribution is -0.424. The number of allylic oxidation sites excluding steroid dienone is 3. The molecule has 2 atom stereocenters. The fourth-order valence-electron chi connectivity index (χ4n) is 1.14. The van der Waals surface area contributed by atoms with E-state index in [1.165, 1.54) is 0 Å². The van der Waals surface area contributed by atoms with E-state index in [-0.39, 0.29) is 0 Å². The standard InChI is InChI=1S/C7H7ClF2N2O2/c1-7(10)2-3(9)5(12(13)14)4(11)6(7)8/h2,6H,11H2,1H3. The van der Waals surface area contributed by atoms with Crippen LogP contribution >= 0.6 is 11.6 Å². The maximum atomic E-state index is 13.4. The lowest BCUT2D eigenvalue weighted by Crippen LogP contribution is -2.38. The molecule has 1 aliphatic rings. The van der Waals surface area contributed by atoms with Crippen molar-refractivity contribution in [2.45, 2.75) is 18.0 Å². The summed E-state index contributed by atoms with van der Waals surface area (Å²) in [7, 11) is 0. The lowest BCUT2D eigenvalue weighted by Gasteiger charge is -2.25. The van der Waals surface area contributed by atoms with Gasteiger partial charge in [0.2, 0.25) is 5.83 Å². The minimum atomic E-state index is -2.21.